The molecule has 1 aromatic carbocycles. The van der Waals surface area contributed by atoms with Crippen LogP contribution in [0.4, 0.5) is 0 Å². The molecule has 0 radical (unpaired) electrons. The zero-order valence-corrected chi connectivity index (χ0v) is 8.16. The molecule has 3 heteroatoms. The van der Waals surface area contributed by atoms with Crippen LogP contribution in [0.5, 0.6) is 5.75 Å². The maximum Gasteiger partial charge on any atom is 0.137 e. The van der Waals surface area contributed by atoms with Crippen LogP contribution < -0.4 is 4.74 Å². The quantitative estimate of drug-likeness (QED) is 0.790. The first-order valence-electron chi connectivity index (χ1n) is 4.59. The van der Waals surface area contributed by atoms with Gasteiger partial charge in [-0.25, -0.2) is 0 Å². The number of hydrogen-bond donors (Lipinski definition) is 1. The van der Waals surface area contributed by atoms with Gasteiger partial charge in [0, 0.05) is 0 Å². The lowest BCUT2D eigenvalue weighted by molar-refractivity contribution is 0.278. The number of hydrogen-bond acceptors (Lipinski definition) is 3. The molecule has 1 rings (SSSR count). The van der Waals surface area contributed by atoms with Crippen LogP contribution in [0, 0.1) is 11.3 Å². The summed E-state index contributed by atoms with van der Waals surface area (Å²) in [7, 11) is 0. The Hall–Kier alpha value is -1.53. The van der Waals surface area contributed by atoms with E-state index in [1.807, 2.05) is 13.0 Å². The van der Waals surface area contributed by atoms with Gasteiger partial charge in [-0.1, -0.05) is 19.1 Å². The molecule has 0 fully saturated rings. The lowest BCUT2D eigenvalue weighted by Gasteiger charge is -2.08. The summed E-state index contributed by atoms with van der Waals surface area (Å²) in [6.07, 6.45) is 0.897. The molecule has 0 aliphatic carbocycles. The summed E-state index contributed by atoms with van der Waals surface area (Å²) < 4.78 is 5.39. The van der Waals surface area contributed by atoms with Gasteiger partial charge in [0.2, 0.25) is 0 Å². The highest BCUT2D eigenvalue weighted by Crippen LogP contribution is 2.21. The second kappa shape index (κ2) is 5.25. The first kappa shape index (κ1) is 10.6. The van der Waals surface area contributed by atoms with E-state index in [1.54, 1.807) is 18.2 Å². The fraction of sp³-hybridized carbons (Fsp3) is 0.364. The number of nitriles is 1. The molecule has 0 aromatic heterocycles. The maximum absolute atomic E-state index is 8.99. The van der Waals surface area contributed by atoms with Crippen LogP contribution in [0.3, 0.4) is 0 Å². The Bertz CT molecular complexity index is 342. The zero-order chi connectivity index (χ0) is 10.4. The molecule has 0 spiro atoms. The number of aliphatic hydroxyl groups excluding tert-OH is 1. The smallest absolute Gasteiger partial charge is 0.137 e. The van der Waals surface area contributed by atoms with E-state index in [2.05, 4.69) is 0 Å². The predicted octanol–water partition coefficient (Wildman–Crippen LogP) is 1.84. The lowest BCUT2D eigenvalue weighted by atomic mass is 10.1. The molecule has 1 N–H and O–H groups in total. The number of nitrogens with zero attached hydrogens (tertiary/aromatic N) is 1. The molecule has 0 amide bonds. The van der Waals surface area contributed by atoms with Gasteiger partial charge in [-0.3, -0.25) is 0 Å². The van der Waals surface area contributed by atoms with Crippen LogP contribution in [-0.2, 0) is 6.61 Å². The summed E-state index contributed by atoms with van der Waals surface area (Å²) in [6.45, 7) is 2.46. The van der Waals surface area contributed by atoms with Gasteiger partial charge < -0.3 is 9.84 Å². The van der Waals surface area contributed by atoms with Crippen molar-refractivity contribution in [3.63, 3.8) is 0 Å². The number of aliphatic hydroxyl groups is 1. The zero-order valence-electron chi connectivity index (χ0n) is 8.16. The van der Waals surface area contributed by atoms with Crippen molar-refractivity contribution in [3.8, 4) is 11.8 Å². The van der Waals surface area contributed by atoms with Crippen LogP contribution in [-0.4, -0.2) is 11.7 Å². The average Bonchev–Trinajstić information content (AvgIpc) is 2.25. The van der Waals surface area contributed by atoms with Crippen LogP contribution in [0.2, 0.25) is 0 Å². The molecular weight excluding hydrogens is 178 g/mol. The average molecular weight is 191 g/mol. The molecule has 0 aliphatic rings. The normalized spacial score (nSPS) is 9.50. The number of benzene rings is 1. The van der Waals surface area contributed by atoms with Crippen molar-refractivity contribution in [1.82, 2.24) is 0 Å². The van der Waals surface area contributed by atoms with Gasteiger partial charge in [0.1, 0.15) is 11.8 Å². The summed E-state index contributed by atoms with van der Waals surface area (Å²) in [4.78, 5) is 0. The Kier molecular flexibility index (Phi) is 3.96. The Morgan fingerprint density at radius 1 is 1.50 bits per heavy atom. The van der Waals surface area contributed by atoms with Gasteiger partial charge >= 0.3 is 0 Å². The standard InChI is InChI=1S/C11H13NO2/c1-2-6-14-11-5-3-4-9(8-13)10(11)7-12/h3-5,13H,2,6,8H2,1H3. The molecule has 14 heavy (non-hydrogen) atoms. The minimum Gasteiger partial charge on any atom is -0.492 e. The molecule has 0 saturated carbocycles. The highest BCUT2D eigenvalue weighted by molar-refractivity contribution is 5.48. The fourth-order valence-electron chi connectivity index (χ4n) is 1.17. The van der Waals surface area contributed by atoms with E-state index >= 15 is 0 Å². The van der Waals surface area contributed by atoms with Gasteiger partial charge in [-0.15, -0.1) is 0 Å². The Balaban J connectivity index is 2.98. The summed E-state index contributed by atoms with van der Waals surface area (Å²) in [5.41, 5.74) is 1.05. The van der Waals surface area contributed by atoms with Gasteiger partial charge in [0.25, 0.3) is 0 Å². The molecule has 0 bridgehead atoms. The molecule has 1 aromatic rings. The van der Waals surface area contributed by atoms with E-state index in [0.717, 1.165) is 6.42 Å². The minimum atomic E-state index is -0.133. The molecule has 0 unspecified atom stereocenters. The molecule has 0 atom stereocenters. The van der Waals surface area contributed by atoms with Crippen molar-refractivity contribution < 1.29 is 9.84 Å². The molecule has 0 saturated heterocycles. The van der Waals surface area contributed by atoms with E-state index in [4.69, 9.17) is 15.1 Å². The number of ether oxygens (including phenoxy) is 1. The molecular formula is C11H13NO2. The third kappa shape index (κ3) is 2.24. The second-order valence-electron chi connectivity index (χ2n) is 2.91. The van der Waals surface area contributed by atoms with Crippen molar-refractivity contribution in [3.05, 3.63) is 29.3 Å². The van der Waals surface area contributed by atoms with Gasteiger partial charge in [-0.05, 0) is 18.1 Å². The van der Waals surface area contributed by atoms with Crippen LogP contribution >= 0.6 is 0 Å². The van der Waals surface area contributed by atoms with Crippen molar-refractivity contribution in [2.24, 2.45) is 0 Å². The SMILES string of the molecule is CCCOc1cccc(CO)c1C#N. The Morgan fingerprint density at radius 2 is 2.29 bits per heavy atom. The summed E-state index contributed by atoms with van der Waals surface area (Å²) >= 11 is 0. The van der Waals surface area contributed by atoms with Crippen molar-refractivity contribution in [2.75, 3.05) is 6.61 Å². The highest BCUT2D eigenvalue weighted by Gasteiger charge is 2.07. The van der Waals surface area contributed by atoms with E-state index in [-0.39, 0.29) is 6.61 Å². The van der Waals surface area contributed by atoms with Crippen molar-refractivity contribution >= 4 is 0 Å². The van der Waals surface area contributed by atoms with Crippen LogP contribution in [0.1, 0.15) is 24.5 Å². The first-order chi connectivity index (χ1) is 6.83. The molecule has 74 valence electrons. The van der Waals surface area contributed by atoms with Crippen LogP contribution in [0.25, 0.3) is 0 Å². The van der Waals surface area contributed by atoms with E-state index < -0.39 is 0 Å². The van der Waals surface area contributed by atoms with Crippen LogP contribution in [0.15, 0.2) is 18.2 Å². The third-order valence-electron chi connectivity index (χ3n) is 1.86. The lowest BCUT2D eigenvalue weighted by Crippen LogP contribution is -1.99. The fourth-order valence-corrected chi connectivity index (χ4v) is 1.17. The summed E-state index contributed by atoms with van der Waals surface area (Å²) in [6, 6.07) is 7.28. The van der Waals surface area contributed by atoms with Crippen molar-refractivity contribution in [1.29, 1.82) is 5.26 Å². The number of rotatable bonds is 4. The minimum absolute atomic E-state index is 0.133. The summed E-state index contributed by atoms with van der Waals surface area (Å²) in [5.74, 6) is 0.556. The van der Waals surface area contributed by atoms with Gasteiger partial charge in [0.15, 0.2) is 0 Å². The predicted molar refractivity (Wildman–Crippen MR) is 52.9 cm³/mol. The first-order valence-corrected chi connectivity index (χ1v) is 4.59. The van der Waals surface area contributed by atoms with Crippen molar-refractivity contribution in [2.45, 2.75) is 20.0 Å². The largest absolute Gasteiger partial charge is 0.492 e. The molecule has 0 aliphatic heterocycles. The van der Waals surface area contributed by atoms with Gasteiger partial charge in [0.05, 0.1) is 18.8 Å². The topological polar surface area (TPSA) is 53.2 Å². The highest BCUT2D eigenvalue weighted by atomic mass is 16.5. The van der Waals surface area contributed by atoms with E-state index in [0.29, 0.717) is 23.5 Å². The maximum atomic E-state index is 8.99. The molecule has 0 heterocycles. The summed E-state index contributed by atoms with van der Waals surface area (Å²) in [5, 5.41) is 17.9. The molecule has 3 nitrogen and oxygen atoms in total. The monoisotopic (exact) mass is 191 g/mol. The van der Waals surface area contributed by atoms with E-state index in [9.17, 15) is 0 Å². The Labute approximate surface area is 83.6 Å². The van der Waals surface area contributed by atoms with E-state index in [1.165, 1.54) is 0 Å². The Morgan fingerprint density at radius 3 is 2.86 bits per heavy atom. The van der Waals surface area contributed by atoms with Gasteiger partial charge in [-0.2, -0.15) is 5.26 Å². The third-order valence-corrected chi connectivity index (χ3v) is 1.86. The second-order valence-corrected chi connectivity index (χ2v) is 2.91.